The number of nitro groups is 1. The Hall–Kier alpha value is -3.20. The van der Waals surface area contributed by atoms with Crippen molar-refractivity contribution >= 4 is 15.8 Å². The summed E-state index contributed by atoms with van der Waals surface area (Å²) in [4.78, 5) is 10.4. The van der Waals surface area contributed by atoms with E-state index in [1.54, 1.807) is 31.2 Å². The molecular weight excluding hydrogens is 370 g/mol. The molecule has 0 N–H and O–H groups in total. The normalized spacial score (nSPS) is 17.7. The van der Waals surface area contributed by atoms with Gasteiger partial charge in [-0.05, 0) is 24.6 Å². The lowest BCUT2D eigenvalue weighted by Crippen LogP contribution is -2.27. The molecule has 0 bridgehead atoms. The second kappa shape index (κ2) is 6.20. The summed E-state index contributed by atoms with van der Waals surface area (Å²) in [5.74, 6) is -0.607. The minimum Gasteiger partial charge on any atom is -0.361 e. The molecule has 0 saturated carbocycles. The lowest BCUT2D eigenvalue weighted by Gasteiger charge is -2.24. The van der Waals surface area contributed by atoms with Crippen LogP contribution in [0.15, 0.2) is 54.6 Å². The molecule has 1 atom stereocenters. The number of para-hydroxylation sites is 1. The molecule has 0 fully saturated rings. The zero-order valence-corrected chi connectivity index (χ0v) is 15.1. The first kappa shape index (κ1) is 17.2. The Morgan fingerprint density at radius 2 is 1.81 bits per heavy atom. The molecule has 0 radical (unpaired) electrons. The third kappa shape index (κ3) is 3.06. The summed E-state index contributed by atoms with van der Waals surface area (Å²) in [7, 11) is -3.83. The summed E-state index contributed by atoms with van der Waals surface area (Å²) in [5.41, 5.74) is 2.60. The van der Waals surface area contributed by atoms with E-state index in [1.807, 2.05) is 18.2 Å². The van der Waals surface area contributed by atoms with Gasteiger partial charge in [0.2, 0.25) is 5.88 Å². The van der Waals surface area contributed by atoms with Crippen molar-refractivity contribution in [1.82, 2.24) is 9.78 Å². The highest BCUT2D eigenvalue weighted by atomic mass is 32.2. The number of rotatable bonds is 3. The number of nitrogens with zero attached hydrogens (tertiary/aromatic N) is 3. The molecular formula is C18H15N3O5S. The van der Waals surface area contributed by atoms with Crippen molar-refractivity contribution in [3.8, 4) is 11.6 Å². The molecule has 0 spiro atoms. The van der Waals surface area contributed by atoms with Gasteiger partial charge in [-0.15, -0.1) is 0 Å². The second-order valence-electron chi connectivity index (χ2n) is 6.26. The number of hydrogen-bond donors (Lipinski definition) is 0. The first-order chi connectivity index (χ1) is 12.9. The summed E-state index contributed by atoms with van der Waals surface area (Å²) in [6.07, 6.45) is 0. The van der Waals surface area contributed by atoms with Crippen LogP contribution in [0, 0.1) is 17.0 Å². The van der Waals surface area contributed by atoms with E-state index in [4.69, 9.17) is 4.18 Å². The Kier molecular flexibility index (Phi) is 3.96. The molecule has 138 valence electrons. The van der Waals surface area contributed by atoms with Crippen LogP contribution in [-0.2, 0) is 10.1 Å². The van der Waals surface area contributed by atoms with Crippen molar-refractivity contribution in [2.24, 2.45) is 0 Å². The highest BCUT2D eigenvalue weighted by Gasteiger charge is 2.38. The molecule has 9 heteroatoms. The van der Waals surface area contributed by atoms with Gasteiger partial charge in [-0.3, -0.25) is 10.1 Å². The number of fused-ring (bicyclic) bond motifs is 1. The molecule has 1 unspecified atom stereocenters. The number of non-ortho nitro benzene ring substituents is 1. The maximum absolute atomic E-state index is 12.4. The van der Waals surface area contributed by atoms with Crippen LogP contribution in [0.4, 0.5) is 5.69 Å². The van der Waals surface area contributed by atoms with Gasteiger partial charge in [-0.1, -0.05) is 30.3 Å². The minimum atomic E-state index is -3.83. The third-order valence-electron chi connectivity index (χ3n) is 4.49. The van der Waals surface area contributed by atoms with Crippen molar-refractivity contribution in [2.45, 2.75) is 12.8 Å². The SMILES string of the molecule is Cc1nn(-c2ccccc2)c2c1C(c1ccc([N+](=O)[O-])cc1)CS(=O)(=O)O2. The average molecular weight is 385 g/mol. The highest BCUT2D eigenvalue weighted by molar-refractivity contribution is 7.87. The van der Waals surface area contributed by atoms with Gasteiger partial charge in [0.15, 0.2) is 0 Å². The standard InChI is InChI=1S/C18H15N3O5S/c1-12-17-16(13-7-9-15(10-8-13)21(22)23)11-27(24,25)26-18(17)20(19-12)14-5-3-2-4-6-14/h2-10,16H,11H2,1H3. The fourth-order valence-electron chi connectivity index (χ4n) is 3.28. The molecule has 0 aliphatic carbocycles. The van der Waals surface area contributed by atoms with Gasteiger partial charge in [0, 0.05) is 23.6 Å². The molecule has 3 aromatic rings. The van der Waals surface area contributed by atoms with E-state index in [0.717, 1.165) is 0 Å². The zero-order valence-electron chi connectivity index (χ0n) is 14.3. The lowest BCUT2D eigenvalue weighted by molar-refractivity contribution is -0.384. The number of benzene rings is 2. The average Bonchev–Trinajstić information content (AvgIpc) is 2.97. The van der Waals surface area contributed by atoms with Gasteiger partial charge in [0.25, 0.3) is 5.69 Å². The molecule has 27 heavy (non-hydrogen) atoms. The van der Waals surface area contributed by atoms with E-state index in [9.17, 15) is 18.5 Å². The Morgan fingerprint density at radius 1 is 1.15 bits per heavy atom. The minimum absolute atomic E-state index is 0.0504. The van der Waals surface area contributed by atoms with Crippen molar-refractivity contribution in [2.75, 3.05) is 5.75 Å². The smallest absolute Gasteiger partial charge is 0.311 e. The fourth-order valence-corrected chi connectivity index (χ4v) is 4.51. The van der Waals surface area contributed by atoms with Crippen LogP contribution < -0.4 is 4.18 Å². The first-order valence-electron chi connectivity index (χ1n) is 8.17. The molecule has 1 aromatic heterocycles. The molecule has 0 amide bonds. The van der Waals surface area contributed by atoms with E-state index >= 15 is 0 Å². The summed E-state index contributed by atoms with van der Waals surface area (Å²) in [6, 6.07) is 15.0. The molecule has 2 heterocycles. The Bertz CT molecular complexity index is 1120. The van der Waals surface area contributed by atoms with E-state index in [2.05, 4.69) is 5.10 Å². The largest absolute Gasteiger partial charge is 0.361 e. The molecule has 2 aromatic carbocycles. The van der Waals surface area contributed by atoms with Gasteiger partial charge >= 0.3 is 10.1 Å². The van der Waals surface area contributed by atoms with E-state index in [0.29, 0.717) is 22.5 Å². The van der Waals surface area contributed by atoms with Crippen LogP contribution in [-0.4, -0.2) is 28.9 Å². The first-order valence-corrected chi connectivity index (χ1v) is 9.75. The monoisotopic (exact) mass is 385 g/mol. The van der Waals surface area contributed by atoms with E-state index in [-0.39, 0.29) is 17.3 Å². The maximum Gasteiger partial charge on any atom is 0.311 e. The Balaban J connectivity index is 1.87. The van der Waals surface area contributed by atoms with Gasteiger partial charge in [0.1, 0.15) is 0 Å². The number of aryl methyl sites for hydroxylation is 1. The van der Waals surface area contributed by atoms with Crippen molar-refractivity contribution in [3.63, 3.8) is 0 Å². The van der Waals surface area contributed by atoms with Gasteiger partial charge in [-0.2, -0.15) is 18.2 Å². The summed E-state index contributed by atoms with van der Waals surface area (Å²) in [5, 5.41) is 15.3. The molecule has 1 aliphatic rings. The van der Waals surface area contributed by atoms with Gasteiger partial charge < -0.3 is 4.18 Å². The second-order valence-corrected chi connectivity index (χ2v) is 7.88. The lowest BCUT2D eigenvalue weighted by atomic mass is 9.92. The molecule has 8 nitrogen and oxygen atoms in total. The Labute approximate surface area is 155 Å². The molecule has 1 aliphatic heterocycles. The van der Waals surface area contributed by atoms with Crippen LogP contribution >= 0.6 is 0 Å². The molecule has 4 rings (SSSR count). The van der Waals surface area contributed by atoms with Gasteiger partial charge in [0.05, 0.1) is 22.1 Å². The predicted molar refractivity (Wildman–Crippen MR) is 97.7 cm³/mol. The van der Waals surface area contributed by atoms with E-state index in [1.165, 1.54) is 16.8 Å². The van der Waals surface area contributed by atoms with E-state index < -0.39 is 21.0 Å². The summed E-state index contributed by atoms with van der Waals surface area (Å²) in [6.45, 7) is 1.79. The quantitative estimate of drug-likeness (QED) is 0.390. The zero-order chi connectivity index (χ0) is 19.2. The highest BCUT2D eigenvalue weighted by Crippen LogP contribution is 2.41. The summed E-state index contributed by atoms with van der Waals surface area (Å²) < 4.78 is 31.6. The topological polar surface area (TPSA) is 104 Å². The van der Waals surface area contributed by atoms with Crippen LogP contribution in [0.3, 0.4) is 0 Å². The number of hydrogen-bond acceptors (Lipinski definition) is 6. The van der Waals surface area contributed by atoms with Crippen molar-refractivity contribution in [3.05, 3.63) is 81.5 Å². The van der Waals surface area contributed by atoms with Gasteiger partial charge in [-0.25, -0.2) is 0 Å². The fraction of sp³-hybridized carbons (Fsp3) is 0.167. The predicted octanol–water partition coefficient (Wildman–Crippen LogP) is 2.94. The van der Waals surface area contributed by atoms with Crippen molar-refractivity contribution < 1.29 is 17.5 Å². The Morgan fingerprint density at radius 3 is 2.44 bits per heavy atom. The maximum atomic E-state index is 12.4. The van der Waals surface area contributed by atoms with Crippen LogP contribution in [0.2, 0.25) is 0 Å². The third-order valence-corrected chi connectivity index (χ3v) is 5.65. The van der Waals surface area contributed by atoms with Crippen molar-refractivity contribution in [1.29, 1.82) is 0 Å². The number of aromatic nitrogens is 2. The summed E-state index contributed by atoms with van der Waals surface area (Å²) >= 11 is 0. The molecule has 0 saturated heterocycles. The van der Waals surface area contributed by atoms with Crippen LogP contribution in [0.25, 0.3) is 5.69 Å². The van der Waals surface area contributed by atoms with Crippen LogP contribution in [0.1, 0.15) is 22.7 Å². The number of nitro benzene ring substituents is 1. The van der Waals surface area contributed by atoms with Crippen LogP contribution in [0.5, 0.6) is 5.88 Å².